The maximum atomic E-state index is 11.4. The summed E-state index contributed by atoms with van der Waals surface area (Å²) < 4.78 is 28.5. The largest absolute Gasteiger partial charge is 0.438 e. The molecule has 0 spiro atoms. The lowest BCUT2D eigenvalue weighted by atomic mass is 10.2. The molecule has 0 saturated heterocycles. The fourth-order valence-electron chi connectivity index (χ4n) is 2.50. The Bertz CT molecular complexity index is 1080. The summed E-state index contributed by atoms with van der Waals surface area (Å²) in [5, 5.41) is 4.89. The van der Waals surface area contributed by atoms with Crippen molar-refractivity contribution in [2.75, 3.05) is 6.26 Å². The van der Waals surface area contributed by atoms with Gasteiger partial charge >= 0.3 is 0 Å². The maximum absolute atomic E-state index is 11.4. The van der Waals surface area contributed by atoms with E-state index in [-0.39, 0.29) is 11.1 Å². The van der Waals surface area contributed by atoms with Gasteiger partial charge in [0.1, 0.15) is 10.8 Å². The average Bonchev–Trinajstić information content (AvgIpc) is 3.31. The van der Waals surface area contributed by atoms with E-state index in [0.717, 1.165) is 21.7 Å². The van der Waals surface area contributed by atoms with Crippen LogP contribution in [0, 0.1) is 0 Å². The van der Waals surface area contributed by atoms with E-state index in [2.05, 4.69) is 15.1 Å². The molecule has 0 unspecified atom stereocenters. The van der Waals surface area contributed by atoms with Crippen molar-refractivity contribution in [3.05, 3.63) is 59.7 Å². The van der Waals surface area contributed by atoms with Gasteiger partial charge < -0.3 is 9.57 Å². The van der Waals surface area contributed by atoms with E-state index in [4.69, 9.17) is 9.57 Å². The first-order chi connectivity index (χ1) is 13.0. The molecule has 7 nitrogen and oxygen atoms in total. The molecular weight excluding hydrogens is 386 g/mol. The van der Waals surface area contributed by atoms with Crippen LogP contribution in [0.5, 0.6) is 5.75 Å². The molecule has 0 aliphatic carbocycles. The van der Waals surface area contributed by atoms with Crippen LogP contribution in [-0.2, 0) is 14.7 Å². The highest BCUT2D eigenvalue weighted by Gasteiger charge is 2.27. The van der Waals surface area contributed by atoms with Crippen molar-refractivity contribution in [1.82, 2.24) is 9.97 Å². The van der Waals surface area contributed by atoms with Crippen LogP contribution in [0.1, 0.15) is 17.4 Å². The number of ether oxygens (including phenoxy) is 1. The second kappa shape index (κ2) is 7.09. The number of hydrogen-bond donors (Lipinski definition) is 0. The molecule has 1 atom stereocenters. The number of nitrogens with zero attached hydrogens (tertiary/aromatic N) is 3. The van der Waals surface area contributed by atoms with Crippen molar-refractivity contribution >= 4 is 27.1 Å². The van der Waals surface area contributed by atoms with Crippen molar-refractivity contribution in [2.45, 2.75) is 17.6 Å². The van der Waals surface area contributed by atoms with Gasteiger partial charge in [-0.3, -0.25) is 0 Å². The fourth-order valence-corrected chi connectivity index (χ4v) is 4.01. The molecular formula is C18H15N3O4S2. The number of thiazole rings is 1. The molecule has 0 N–H and O–H groups in total. The Balaban J connectivity index is 1.41. The number of hydrogen-bond acceptors (Lipinski definition) is 8. The van der Waals surface area contributed by atoms with E-state index in [1.165, 1.54) is 12.3 Å². The predicted molar refractivity (Wildman–Crippen MR) is 101 cm³/mol. The van der Waals surface area contributed by atoms with Crippen LogP contribution < -0.4 is 4.74 Å². The predicted octanol–water partition coefficient (Wildman–Crippen LogP) is 3.46. The van der Waals surface area contributed by atoms with E-state index >= 15 is 0 Å². The lowest BCUT2D eigenvalue weighted by Crippen LogP contribution is -2.07. The Morgan fingerprint density at radius 3 is 2.63 bits per heavy atom. The molecule has 1 aliphatic heterocycles. The molecule has 27 heavy (non-hydrogen) atoms. The summed E-state index contributed by atoms with van der Waals surface area (Å²) in [4.78, 5) is 14.8. The standard InChI is InChI=1S/C18H15N3O4S2/c1-27(22,23)17-8-7-13(10-19-17)24-16-9-14(25-21-16)15-11-20-18(26-15)12-5-3-2-4-6-12/h2-8,10-11,14H,9H2,1H3/t14-/m0/s1. The Morgan fingerprint density at radius 1 is 1.11 bits per heavy atom. The highest BCUT2D eigenvalue weighted by molar-refractivity contribution is 7.90. The monoisotopic (exact) mass is 401 g/mol. The molecule has 2 aromatic heterocycles. The minimum absolute atomic E-state index is 0.00422. The van der Waals surface area contributed by atoms with Crippen molar-refractivity contribution < 1.29 is 18.0 Å². The molecule has 0 fully saturated rings. The Hall–Kier alpha value is -2.78. The molecule has 138 valence electrons. The van der Waals surface area contributed by atoms with Crippen molar-refractivity contribution in [2.24, 2.45) is 5.16 Å². The third-order valence-corrected chi connectivity index (χ3v) is 5.97. The van der Waals surface area contributed by atoms with Crippen LogP contribution in [0.25, 0.3) is 10.6 Å². The Labute approximate surface area is 160 Å². The van der Waals surface area contributed by atoms with Gasteiger partial charge in [0.2, 0.25) is 5.90 Å². The van der Waals surface area contributed by atoms with E-state index in [1.807, 2.05) is 30.3 Å². The first kappa shape index (κ1) is 17.6. The first-order valence-corrected chi connectivity index (χ1v) is 10.8. The van der Waals surface area contributed by atoms with Gasteiger partial charge in [-0.2, -0.15) is 0 Å². The van der Waals surface area contributed by atoms with Crippen molar-refractivity contribution in [3.63, 3.8) is 0 Å². The molecule has 3 aromatic rings. The lowest BCUT2D eigenvalue weighted by molar-refractivity contribution is 0.0879. The topological polar surface area (TPSA) is 90.7 Å². The van der Waals surface area contributed by atoms with Crippen molar-refractivity contribution in [3.8, 4) is 16.3 Å². The van der Waals surface area contributed by atoms with Crippen LogP contribution in [-0.4, -0.2) is 30.5 Å². The summed E-state index contributed by atoms with van der Waals surface area (Å²) >= 11 is 1.55. The lowest BCUT2D eigenvalue weighted by Gasteiger charge is -2.05. The molecule has 9 heteroatoms. The van der Waals surface area contributed by atoms with E-state index < -0.39 is 9.84 Å². The van der Waals surface area contributed by atoms with Crippen LogP contribution >= 0.6 is 11.3 Å². The fraction of sp³-hybridized carbons (Fsp3) is 0.167. The van der Waals surface area contributed by atoms with Gasteiger partial charge in [-0.1, -0.05) is 35.5 Å². The molecule has 1 aromatic carbocycles. The molecule has 0 bridgehead atoms. The third kappa shape index (κ3) is 3.99. The summed E-state index contributed by atoms with van der Waals surface area (Å²) in [5.74, 6) is 0.809. The van der Waals surface area contributed by atoms with Crippen LogP contribution in [0.2, 0.25) is 0 Å². The molecule has 0 saturated carbocycles. The number of sulfone groups is 1. The molecule has 0 amide bonds. The smallest absolute Gasteiger partial charge is 0.235 e. The van der Waals surface area contributed by atoms with Crippen molar-refractivity contribution in [1.29, 1.82) is 0 Å². The molecule has 0 radical (unpaired) electrons. The average molecular weight is 401 g/mol. The molecule has 3 heterocycles. The van der Waals surface area contributed by atoms with E-state index in [9.17, 15) is 8.42 Å². The zero-order valence-corrected chi connectivity index (χ0v) is 15.9. The normalized spacial score (nSPS) is 16.6. The van der Waals surface area contributed by atoms with Gasteiger partial charge in [0, 0.05) is 18.0 Å². The zero-order valence-electron chi connectivity index (χ0n) is 14.3. The molecule has 4 rings (SSSR count). The number of pyridine rings is 1. The summed E-state index contributed by atoms with van der Waals surface area (Å²) in [6, 6.07) is 12.9. The summed E-state index contributed by atoms with van der Waals surface area (Å²) in [6.07, 6.45) is 4.46. The number of benzene rings is 1. The Kier molecular flexibility index (Phi) is 4.63. The quantitative estimate of drug-likeness (QED) is 0.665. The summed E-state index contributed by atoms with van der Waals surface area (Å²) in [7, 11) is -3.34. The number of aromatic nitrogens is 2. The summed E-state index contributed by atoms with van der Waals surface area (Å²) in [5.41, 5.74) is 1.06. The first-order valence-electron chi connectivity index (χ1n) is 8.07. The molecule has 1 aliphatic rings. The second-order valence-electron chi connectivity index (χ2n) is 5.92. The van der Waals surface area contributed by atoms with Gasteiger partial charge in [-0.05, 0) is 12.1 Å². The van der Waals surface area contributed by atoms with Gasteiger partial charge in [-0.25, -0.2) is 18.4 Å². The highest BCUT2D eigenvalue weighted by Crippen LogP contribution is 2.35. The Morgan fingerprint density at radius 2 is 1.93 bits per heavy atom. The number of rotatable bonds is 4. The van der Waals surface area contributed by atoms with Gasteiger partial charge in [-0.15, -0.1) is 11.3 Å². The zero-order chi connectivity index (χ0) is 18.9. The van der Waals surface area contributed by atoms with E-state index in [0.29, 0.717) is 18.1 Å². The minimum atomic E-state index is -3.34. The maximum Gasteiger partial charge on any atom is 0.235 e. The highest BCUT2D eigenvalue weighted by atomic mass is 32.2. The van der Waals surface area contributed by atoms with Crippen LogP contribution in [0.4, 0.5) is 0 Å². The number of oxime groups is 1. The van der Waals surface area contributed by atoms with Gasteiger partial charge in [0.15, 0.2) is 21.0 Å². The minimum Gasteiger partial charge on any atom is -0.438 e. The SMILES string of the molecule is CS(=O)(=O)c1ccc(OC2=NO[C@H](c3cnc(-c4ccccc4)s3)C2)cn1. The van der Waals surface area contributed by atoms with Gasteiger partial charge in [0.05, 0.1) is 17.5 Å². The van der Waals surface area contributed by atoms with Gasteiger partial charge in [0.25, 0.3) is 0 Å². The van der Waals surface area contributed by atoms with Crippen LogP contribution in [0.3, 0.4) is 0 Å². The second-order valence-corrected chi connectivity index (χ2v) is 8.95. The van der Waals surface area contributed by atoms with Crippen LogP contribution in [0.15, 0.2) is 65.0 Å². The van der Waals surface area contributed by atoms with E-state index in [1.54, 1.807) is 23.6 Å². The third-order valence-electron chi connectivity index (χ3n) is 3.83. The summed E-state index contributed by atoms with van der Waals surface area (Å²) in [6.45, 7) is 0.